The molecule has 9 N–H and O–H groups in total. The summed E-state index contributed by atoms with van der Waals surface area (Å²) in [6.07, 6.45) is 10.1. The van der Waals surface area contributed by atoms with Gasteiger partial charge in [0.05, 0.1) is 17.7 Å². The number of nitrogens with zero attached hydrogens (tertiary/aromatic N) is 1. The lowest BCUT2D eigenvalue weighted by atomic mass is 9.73. The quantitative estimate of drug-likeness (QED) is 0.0460. The topological polar surface area (TPSA) is 252 Å². The number of aliphatic imine (C=N–C) groups is 1. The highest BCUT2D eigenvalue weighted by molar-refractivity contribution is 8.76. The molecule has 1 saturated carbocycles. The number of benzene rings is 3. The van der Waals surface area contributed by atoms with Gasteiger partial charge in [-0.25, -0.2) is 4.79 Å². The second-order valence-corrected chi connectivity index (χ2v) is 21.4. The summed E-state index contributed by atoms with van der Waals surface area (Å²) in [5.41, 5.74) is 4.71. The van der Waals surface area contributed by atoms with Crippen molar-refractivity contribution in [2.45, 2.75) is 100 Å². The first-order chi connectivity index (χ1) is 34.3. The van der Waals surface area contributed by atoms with Crippen LogP contribution < -0.4 is 25.8 Å². The monoisotopic (exact) mass is 1010 g/mol. The van der Waals surface area contributed by atoms with Gasteiger partial charge in [0.1, 0.15) is 35.1 Å². The number of β-amino-alcohol motifs (C(OH)–C–C–N with tert-alkyl or cyclic N) is 1. The number of hydrogen-bond donors (Lipinski definition) is 8. The van der Waals surface area contributed by atoms with E-state index in [1.807, 2.05) is 6.21 Å². The minimum Gasteiger partial charge on any atom is -0.508 e. The van der Waals surface area contributed by atoms with Crippen molar-refractivity contribution in [1.29, 1.82) is 0 Å². The molecule has 0 radical (unpaired) electrons. The van der Waals surface area contributed by atoms with Gasteiger partial charge in [0.15, 0.2) is 23.6 Å². The number of fused-ring (bicyclic) bond motifs is 2. The number of carboxylic acids is 1. The third-order valence-electron chi connectivity index (χ3n) is 14.5. The molecule has 3 fully saturated rings. The smallest absolute Gasteiger partial charge is 0.335 e. The van der Waals surface area contributed by atoms with E-state index in [0.717, 1.165) is 31.4 Å². The van der Waals surface area contributed by atoms with Crippen LogP contribution in [0.5, 0.6) is 17.2 Å². The van der Waals surface area contributed by atoms with Gasteiger partial charge in [-0.05, 0) is 109 Å². The molecule has 18 heteroatoms. The molecule has 380 valence electrons. The Morgan fingerprint density at radius 2 is 1.86 bits per heavy atom. The predicted molar refractivity (Wildman–Crippen MR) is 274 cm³/mol. The Bertz CT molecular complexity index is 2500. The maximum atomic E-state index is 13.5. The fraction of sp³-hybridized carbons (Fsp3) is 0.472. The van der Waals surface area contributed by atoms with Crippen molar-refractivity contribution in [3.05, 3.63) is 107 Å². The summed E-state index contributed by atoms with van der Waals surface area (Å²) < 4.78 is 24.3. The van der Waals surface area contributed by atoms with Crippen molar-refractivity contribution in [3.63, 3.8) is 0 Å². The number of aliphatic hydroxyl groups excluding tert-OH is 2. The van der Waals surface area contributed by atoms with Gasteiger partial charge >= 0.3 is 5.97 Å². The third-order valence-corrected chi connectivity index (χ3v) is 16.5. The van der Waals surface area contributed by atoms with Crippen molar-refractivity contribution >= 4 is 63.4 Å². The first-order valence-electron chi connectivity index (χ1n) is 24.3. The number of rotatable bonds is 16. The largest absolute Gasteiger partial charge is 0.508 e. The number of aryl methyl sites for hydroxylation is 1. The molecule has 1 unspecified atom stereocenters. The van der Waals surface area contributed by atoms with Gasteiger partial charge in [0.25, 0.3) is 5.91 Å². The Morgan fingerprint density at radius 1 is 1.07 bits per heavy atom. The molecule has 8 rings (SSSR count). The number of carboxylic acid groups (broad SMARTS) is 1. The van der Waals surface area contributed by atoms with E-state index >= 15 is 0 Å². The van der Waals surface area contributed by atoms with Crippen LogP contribution in [0.1, 0.15) is 74.1 Å². The highest BCUT2D eigenvalue weighted by Gasteiger charge is 2.69. The third kappa shape index (κ3) is 11.6. The number of nitrogens with one attached hydrogen (secondary N) is 2. The number of hydrogen-bond acceptors (Lipinski definition) is 16. The Labute approximate surface area is 421 Å². The Morgan fingerprint density at radius 3 is 2.59 bits per heavy atom. The summed E-state index contributed by atoms with van der Waals surface area (Å²) in [6.45, 7) is 3.59. The van der Waals surface area contributed by atoms with Crippen molar-refractivity contribution in [2.24, 2.45) is 28.5 Å². The van der Waals surface area contributed by atoms with Gasteiger partial charge in [-0.2, -0.15) is 0 Å². The highest BCUT2D eigenvalue weighted by Crippen LogP contribution is 2.46. The number of phenolic OH excluding ortho intramolecular Hbond substituents is 1. The van der Waals surface area contributed by atoms with E-state index in [0.29, 0.717) is 30.4 Å². The summed E-state index contributed by atoms with van der Waals surface area (Å²) in [5.74, 6) is -2.64. The van der Waals surface area contributed by atoms with E-state index in [9.17, 15) is 39.9 Å². The lowest BCUT2D eigenvalue weighted by Gasteiger charge is -2.53. The van der Waals surface area contributed by atoms with E-state index in [1.54, 1.807) is 0 Å². The summed E-state index contributed by atoms with van der Waals surface area (Å²) >= 11 is 0. The zero-order valence-corrected chi connectivity index (χ0v) is 41.3. The van der Waals surface area contributed by atoms with E-state index in [4.69, 9.17) is 24.7 Å². The molecular weight excluding hydrogens is 949 g/mol. The standard InChI is InChI=1S/C53H64N4O12S2/c1-32(9-7-12-33-10-5-6-11-34(33)13-8-23-57-37-14-3-2-4-15-37)41-27-56-29-52(65)51(69-47(50(63)64)48(61)53(52,30-58)66-31-71-70-28-42(41)36-22-24-55-26-36)67-39-20-21-40-43(25-39)68-46(49(54)62)44(45(40)60)35-16-18-38(59)19-17-35/h5-7,10-12,16-22,25-26,30,32,37,41-42,46-48,51,56-57,59-61,65H,2-4,8-9,13-15,23-24,27-29,31H2,1H3,(H2,54,62)(H,63,64)/b12-7+/t32-,41-,42-,46?,47+,48-,51-,52+,53+/m1/s1. The Kier molecular flexibility index (Phi) is 17.3. The second-order valence-electron chi connectivity index (χ2n) is 19.0. The normalized spacial score (nSPS) is 28.9. The predicted octanol–water partition coefficient (Wildman–Crippen LogP) is 6.08. The number of carbonyl (C=O) groups excluding carboxylic acids is 2. The number of nitrogens with two attached hydrogens (primary N) is 1. The first kappa shape index (κ1) is 52.2. The van der Waals surface area contributed by atoms with Gasteiger partial charge in [-0.1, -0.05) is 102 Å². The zero-order valence-electron chi connectivity index (χ0n) is 39.7. The molecular formula is C53H64N4O12S2. The van der Waals surface area contributed by atoms with Crippen LogP contribution in [0.3, 0.4) is 0 Å². The molecule has 4 heterocycles. The number of aldehydes is 1. The average Bonchev–Trinajstić information content (AvgIpc) is 3.91. The number of amides is 1. The van der Waals surface area contributed by atoms with E-state index in [-0.39, 0.29) is 64.1 Å². The molecule has 2 saturated heterocycles. The minimum absolute atomic E-state index is 0.0138. The Hall–Kier alpha value is -5.18. The van der Waals surface area contributed by atoms with Crippen molar-refractivity contribution in [3.8, 4) is 17.2 Å². The minimum atomic E-state index is -2.59. The van der Waals surface area contributed by atoms with Crippen LogP contribution in [0.25, 0.3) is 17.4 Å². The van der Waals surface area contributed by atoms with Crippen molar-refractivity contribution in [2.75, 3.05) is 37.9 Å². The van der Waals surface area contributed by atoms with Gasteiger partial charge in [0, 0.05) is 30.6 Å². The number of carbonyl (C=O) groups is 3. The molecule has 1 aliphatic carbocycles. The summed E-state index contributed by atoms with van der Waals surface area (Å²) in [4.78, 5) is 43.4. The number of aliphatic carboxylic acids is 1. The SMILES string of the molecule is C[C@H](C/C=C/c1ccccc1CCCNC1CCCCC1)[C@H]1CNC[C@]2(O)[C@H](Oc3ccc4c(c3)OC(C(N)=O)C(c3ccc(O)cc3)=C4O)O[C@H](C(=O)O)[C@@H](O)[C@]2(C=O)OCSSC[C@@H]1C1=CCN=C1. The molecule has 3 aromatic carbocycles. The number of primary amides is 1. The summed E-state index contributed by atoms with van der Waals surface area (Å²) in [5, 5.41) is 63.5. The van der Waals surface area contributed by atoms with Crippen LogP contribution in [0.2, 0.25) is 0 Å². The molecule has 0 spiro atoms. The lowest BCUT2D eigenvalue weighted by molar-refractivity contribution is -0.340. The summed E-state index contributed by atoms with van der Waals surface area (Å²) in [7, 11) is 2.76. The molecule has 9 atom stereocenters. The zero-order chi connectivity index (χ0) is 50.1. The van der Waals surface area contributed by atoms with Gasteiger partial charge < -0.3 is 60.8 Å². The van der Waals surface area contributed by atoms with Crippen LogP contribution >= 0.6 is 21.6 Å². The van der Waals surface area contributed by atoms with E-state index in [2.05, 4.69) is 65.0 Å². The van der Waals surface area contributed by atoms with Crippen molar-refractivity contribution < 1.29 is 58.9 Å². The van der Waals surface area contributed by atoms with Gasteiger partial charge in [-0.3, -0.25) is 14.6 Å². The molecule has 4 aliphatic heterocycles. The highest BCUT2D eigenvalue weighted by atomic mass is 33.1. The first-order valence-corrected chi connectivity index (χ1v) is 26.8. The lowest BCUT2D eigenvalue weighted by Crippen LogP contribution is -2.80. The van der Waals surface area contributed by atoms with E-state index in [1.165, 1.54) is 107 Å². The average molecular weight is 1010 g/mol. The molecule has 71 heavy (non-hydrogen) atoms. The Balaban J connectivity index is 1.05. The maximum Gasteiger partial charge on any atom is 0.335 e. The van der Waals surface area contributed by atoms with Crippen LogP contribution in [0.15, 0.2) is 89.4 Å². The van der Waals surface area contributed by atoms with Crippen LogP contribution in [-0.2, 0) is 30.3 Å². The van der Waals surface area contributed by atoms with Crippen molar-refractivity contribution in [1.82, 2.24) is 10.6 Å². The van der Waals surface area contributed by atoms with Gasteiger partial charge in [0.2, 0.25) is 12.4 Å². The van der Waals surface area contributed by atoms with Crippen LogP contribution in [0, 0.1) is 17.8 Å². The molecule has 1 amide bonds. The molecule has 16 nitrogen and oxygen atoms in total. The number of phenols is 1. The second kappa shape index (κ2) is 23.6. The summed E-state index contributed by atoms with van der Waals surface area (Å²) in [6, 6.07) is 19.0. The molecule has 0 bridgehead atoms. The number of aromatic hydroxyl groups is 1. The maximum absolute atomic E-state index is 13.5. The fourth-order valence-electron chi connectivity index (χ4n) is 10.4. The number of allylic oxidation sites excluding steroid dienone is 2. The van der Waals surface area contributed by atoms with Crippen LogP contribution in [0.4, 0.5) is 0 Å². The van der Waals surface area contributed by atoms with E-state index < -0.39 is 54.2 Å². The fourth-order valence-corrected chi connectivity index (χ4v) is 12.5. The molecule has 3 aromatic rings. The van der Waals surface area contributed by atoms with Crippen LogP contribution in [-0.4, -0.2) is 130 Å². The molecule has 0 aromatic heterocycles. The molecule has 5 aliphatic rings. The number of aliphatic hydroxyl groups is 3. The number of ether oxygens (including phenoxy) is 4. The van der Waals surface area contributed by atoms with Gasteiger partial charge in [-0.15, -0.1) is 0 Å².